The van der Waals surface area contributed by atoms with Crippen LogP contribution in [-0.4, -0.2) is 52.2 Å². The third-order valence-electron chi connectivity index (χ3n) is 4.70. The summed E-state index contributed by atoms with van der Waals surface area (Å²) in [7, 11) is -3.46. The van der Waals surface area contributed by atoms with Gasteiger partial charge >= 0.3 is 0 Å². The quantitative estimate of drug-likeness (QED) is 0.520. The summed E-state index contributed by atoms with van der Waals surface area (Å²) in [4.78, 5) is 18.2. The van der Waals surface area contributed by atoms with E-state index in [9.17, 15) is 13.2 Å². The van der Waals surface area contributed by atoms with Crippen LogP contribution in [0.1, 0.15) is 19.8 Å². The smallest absolute Gasteiger partial charge is 0.243 e. The molecule has 3 aromatic rings. The third-order valence-corrected chi connectivity index (χ3v) is 8.45. The highest BCUT2D eigenvalue weighted by atomic mass is 32.2. The van der Waals surface area contributed by atoms with Gasteiger partial charge in [0.2, 0.25) is 21.1 Å². The number of amides is 1. The summed E-state index contributed by atoms with van der Waals surface area (Å²) in [6.07, 6.45) is 1.78. The van der Waals surface area contributed by atoms with Gasteiger partial charge in [-0.3, -0.25) is 9.89 Å². The highest BCUT2D eigenvalue weighted by Crippen LogP contribution is 2.26. The lowest BCUT2D eigenvalue weighted by atomic mass is 10.3. The van der Waals surface area contributed by atoms with Crippen molar-refractivity contribution in [1.82, 2.24) is 19.5 Å². The molecule has 1 aliphatic heterocycles. The lowest BCUT2D eigenvalue weighted by Crippen LogP contribution is -2.27. The molecule has 0 aliphatic carbocycles. The standard InChI is InChI=1S/C19H21N5O3S3/c1-13(29-19-21-17(22-23-19)16-5-4-12-28-16)18(25)20-14-6-8-15(9-7-14)30(26,27)24-10-2-3-11-24/h4-9,12-13H,2-3,10-11H2,1H3,(H,20,25)(H,21,22,23). The van der Waals surface area contributed by atoms with E-state index in [4.69, 9.17) is 0 Å². The van der Waals surface area contributed by atoms with Crippen LogP contribution in [0.15, 0.2) is 51.8 Å². The van der Waals surface area contributed by atoms with Crippen LogP contribution in [0.3, 0.4) is 0 Å². The topological polar surface area (TPSA) is 108 Å². The first kappa shape index (κ1) is 21.0. The molecule has 8 nitrogen and oxygen atoms in total. The van der Waals surface area contributed by atoms with Crippen LogP contribution in [0, 0.1) is 0 Å². The van der Waals surface area contributed by atoms with Crippen molar-refractivity contribution >= 4 is 44.7 Å². The number of hydrogen-bond donors (Lipinski definition) is 2. The molecule has 1 fully saturated rings. The van der Waals surface area contributed by atoms with Crippen molar-refractivity contribution in [1.29, 1.82) is 0 Å². The minimum absolute atomic E-state index is 0.211. The highest BCUT2D eigenvalue weighted by Gasteiger charge is 2.27. The minimum Gasteiger partial charge on any atom is -0.325 e. The number of thioether (sulfide) groups is 1. The van der Waals surface area contributed by atoms with E-state index in [0.29, 0.717) is 29.8 Å². The molecule has 1 saturated heterocycles. The molecular formula is C19H21N5O3S3. The summed E-state index contributed by atoms with van der Waals surface area (Å²) in [6.45, 7) is 2.89. The number of nitrogens with zero attached hydrogens (tertiary/aromatic N) is 3. The number of nitrogens with one attached hydrogen (secondary N) is 2. The second-order valence-corrected chi connectivity index (χ2v) is 11.0. The maximum absolute atomic E-state index is 12.6. The molecule has 2 aromatic heterocycles. The van der Waals surface area contributed by atoms with Gasteiger partial charge in [-0.15, -0.1) is 16.4 Å². The zero-order valence-corrected chi connectivity index (χ0v) is 18.7. The fraction of sp³-hybridized carbons (Fsp3) is 0.316. The summed E-state index contributed by atoms with van der Waals surface area (Å²) in [5.74, 6) is 0.465. The van der Waals surface area contributed by atoms with Crippen molar-refractivity contribution in [2.75, 3.05) is 18.4 Å². The van der Waals surface area contributed by atoms with Gasteiger partial charge in [0.15, 0.2) is 5.82 Å². The molecule has 0 saturated carbocycles. The minimum atomic E-state index is -3.46. The van der Waals surface area contributed by atoms with Crippen molar-refractivity contribution in [3.05, 3.63) is 41.8 Å². The number of thiophene rings is 1. The molecule has 1 amide bonds. The largest absolute Gasteiger partial charge is 0.325 e. The van der Waals surface area contributed by atoms with E-state index in [1.165, 1.54) is 28.2 Å². The molecule has 3 heterocycles. The SMILES string of the molecule is CC(Sc1n[nH]c(-c2cccs2)n1)C(=O)Nc1ccc(S(=O)(=O)N2CCCC2)cc1. The maximum Gasteiger partial charge on any atom is 0.243 e. The van der Waals surface area contributed by atoms with Crippen LogP contribution >= 0.6 is 23.1 Å². The first-order valence-corrected chi connectivity index (χ1v) is 12.7. The molecule has 1 unspecified atom stereocenters. The van der Waals surface area contributed by atoms with Gasteiger partial charge in [0, 0.05) is 18.8 Å². The zero-order valence-electron chi connectivity index (χ0n) is 16.2. The van der Waals surface area contributed by atoms with E-state index in [2.05, 4.69) is 20.5 Å². The van der Waals surface area contributed by atoms with Crippen molar-refractivity contribution in [3.8, 4) is 10.7 Å². The number of aromatic nitrogens is 3. The van der Waals surface area contributed by atoms with E-state index in [0.717, 1.165) is 17.7 Å². The number of H-pyrrole nitrogens is 1. The Bertz CT molecular complexity index is 1100. The van der Waals surface area contributed by atoms with Gasteiger partial charge in [-0.2, -0.15) is 4.31 Å². The molecule has 0 radical (unpaired) electrons. The Labute approximate surface area is 183 Å². The fourth-order valence-corrected chi connectivity index (χ4v) is 5.97. The van der Waals surface area contributed by atoms with Crippen molar-refractivity contribution in [2.24, 2.45) is 0 Å². The number of sulfonamides is 1. The Balaban J connectivity index is 1.36. The summed E-state index contributed by atoms with van der Waals surface area (Å²) in [5, 5.41) is 11.9. The molecule has 2 N–H and O–H groups in total. The molecule has 1 aliphatic rings. The molecular weight excluding hydrogens is 442 g/mol. The van der Waals surface area contributed by atoms with Crippen LogP contribution < -0.4 is 5.32 Å². The summed E-state index contributed by atoms with van der Waals surface area (Å²) in [6, 6.07) is 10.2. The molecule has 0 bridgehead atoms. The Morgan fingerprint density at radius 3 is 2.63 bits per heavy atom. The number of carbonyl (C=O) groups is 1. The fourth-order valence-electron chi connectivity index (χ4n) is 3.07. The van der Waals surface area contributed by atoms with Gasteiger partial charge in [-0.1, -0.05) is 17.8 Å². The first-order chi connectivity index (χ1) is 14.4. The van der Waals surface area contributed by atoms with Gasteiger partial charge < -0.3 is 5.32 Å². The number of benzene rings is 1. The van der Waals surface area contributed by atoms with E-state index >= 15 is 0 Å². The van der Waals surface area contributed by atoms with E-state index < -0.39 is 15.3 Å². The Kier molecular flexibility index (Phi) is 6.23. The lowest BCUT2D eigenvalue weighted by molar-refractivity contribution is -0.115. The predicted molar refractivity (Wildman–Crippen MR) is 118 cm³/mol. The summed E-state index contributed by atoms with van der Waals surface area (Å²) in [5.41, 5.74) is 0.544. The Morgan fingerprint density at radius 1 is 1.23 bits per heavy atom. The van der Waals surface area contributed by atoms with Crippen LogP contribution in [0.4, 0.5) is 5.69 Å². The average molecular weight is 464 g/mol. The normalized spacial score (nSPS) is 15.9. The van der Waals surface area contributed by atoms with E-state index in [1.54, 1.807) is 30.4 Å². The summed E-state index contributed by atoms with van der Waals surface area (Å²) >= 11 is 2.81. The van der Waals surface area contributed by atoms with Crippen LogP contribution in [-0.2, 0) is 14.8 Å². The lowest BCUT2D eigenvalue weighted by Gasteiger charge is -2.16. The van der Waals surface area contributed by atoms with Crippen LogP contribution in [0.2, 0.25) is 0 Å². The average Bonchev–Trinajstić information content (AvgIpc) is 3.49. The second-order valence-electron chi connectivity index (χ2n) is 6.83. The number of rotatable bonds is 7. The van der Waals surface area contributed by atoms with Gasteiger partial charge in [0.25, 0.3) is 0 Å². The number of anilines is 1. The molecule has 0 spiro atoms. The Morgan fingerprint density at radius 2 is 1.97 bits per heavy atom. The predicted octanol–water partition coefficient (Wildman–Crippen LogP) is 3.44. The van der Waals surface area contributed by atoms with Crippen LogP contribution in [0.25, 0.3) is 10.7 Å². The van der Waals surface area contributed by atoms with E-state index in [-0.39, 0.29) is 10.8 Å². The van der Waals surface area contributed by atoms with Gasteiger partial charge in [0.1, 0.15) is 0 Å². The first-order valence-electron chi connectivity index (χ1n) is 9.47. The van der Waals surface area contributed by atoms with Crippen molar-refractivity contribution in [3.63, 3.8) is 0 Å². The maximum atomic E-state index is 12.6. The monoisotopic (exact) mass is 463 g/mol. The van der Waals surface area contributed by atoms with Gasteiger partial charge in [-0.05, 0) is 55.5 Å². The highest BCUT2D eigenvalue weighted by molar-refractivity contribution is 8.00. The number of carbonyl (C=O) groups excluding carboxylic acids is 1. The number of hydrogen-bond acceptors (Lipinski definition) is 7. The van der Waals surface area contributed by atoms with Crippen LogP contribution in [0.5, 0.6) is 0 Å². The molecule has 30 heavy (non-hydrogen) atoms. The van der Waals surface area contributed by atoms with E-state index in [1.807, 2.05) is 17.5 Å². The molecule has 11 heteroatoms. The molecule has 4 rings (SSSR count). The Hall–Kier alpha value is -2.21. The molecule has 1 aromatic carbocycles. The van der Waals surface area contributed by atoms with Gasteiger partial charge in [0.05, 0.1) is 15.0 Å². The molecule has 158 valence electrons. The zero-order chi connectivity index (χ0) is 21.1. The second kappa shape index (κ2) is 8.88. The summed E-state index contributed by atoms with van der Waals surface area (Å²) < 4.78 is 26.7. The van der Waals surface area contributed by atoms with Crippen molar-refractivity contribution in [2.45, 2.75) is 35.1 Å². The van der Waals surface area contributed by atoms with Gasteiger partial charge in [-0.25, -0.2) is 13.4 Å². The molecule has 1 atom stereocenters. The third kappa shape index (κ3) is 4.59. The van der Waals surface area contributed by atoms with Crippen molar-refractivity contribution < 1.29 is 13.2 Å². The number of aromatic amines is 1.